The average Bonchev–Trinajstić information content (AvgIpc) is 1.59. The third-order valence-electron chi connectivity index (χ3n) is 2.42. The fourth-order valence-corrected chi connectivity index (χ4v) is 1.49. The maximum atomic E-state index is 10.3. The van der Waals surface area contributed by atoms with Gasteiger partial charge in [0.15, 0.2) is 0 Å². The molecule has 1 spiro atoms. The third-order valence-corrected chi connectivity index (χ3v) is 2.42. The second-order valence-electron chi connectivity index (χ2n) is 2.96. The summed E-state index contributed by atoms with van der Waals surface area (Å²) >= 11 is 0. The van der Waals surface area contributed by atoms with Crippen molar-refractivity contribution in [2.45, 2.75) is 6.04 Å². The summed E-state index contributed by atoms with van der Waals surface area (Å²) < 4.78 is 0. The van der Waals surface area contributed by atoms with Crippen LogP contribution in [0.4, 0.5) is 0 Å². The zero-order chi connectivity index (χ0) is 6.32. The maximum Gasteiger partial charge on any atom is 0.137 e. The molecule has 0 amide bonds. The van der Waals surface area contributed by atoms with Crippen LogP contribution >= 0.6 is 0 Å². The largest absolute Gasteiger partial charge is 0.315 e. The smallest absolute Gasteiger partial charge is 0.137 e. The van der Waals surface area contributed by atoms with Gasteiger partial charge in [-0.1, -0.05) is 0 Å². The minimum absolute atomic E-state index is 0.138. The van der Waals surface area contributed by atoms with E-state index in [1.54, 1.807) is 0 Å². The van der Waals surface area contributed by atoms with Crippen LogP contribution in [0.3, 0.4) is 0 Å². The fraction of sp³-hybridized carbons (Fsp3) is 0.833. The van der Waals surface area contributed by atoms with Gasteiger partial charge in [-0.2, -0.15) is 0 Å². The van der Waals surface area contributed by atoms with Crippen LogP contribution < -0.4 is 10.6 Å². The monoisotopic (exact) mass is 126 g/mol. The van der Waals surface area contributed by atoms with Crippen LogP contribution in [0, 0.1) is 5.41 Å². The molecule has 0 aromatic heterocycles. The van der Waals surface area contributed by atoms with Crippen molar-refractivity contribution in [3.8, 4) is 0 Å². The van der Waals surface area contributed by atoms with E-state index in [1.807, 2.05) is 0 Å². The molecule has 9 heavy (non-hydrogen) atoms. The summed E-state index contributed by atoms with van der Waals surface area (Å²) in [6.45, 7) is 3.05. The Bertz CT molecular complexity index is 136. The molecule has 2 heterocycles. The minimum Gasteiger partial charge on any atom is -0.315 e. The molecule has 2 aliphatic heterocycles. The molecule has 2 rings (SSSR count). The molecule has 50 valence electrons. The van der Waals surface area contributed by atoms with Crippen LogP contribution in [0.2, 0.25) is 0 Å². The molecule has 3 nitrogen and oxygen atoms in total. The molecule has 3 heteroatoms. The Morgan fingerprint density at radius 3 is 2.33 bits per heavy atom. The molecule has 2 fully saturated rings. The lowest BCUT2D eigenvalue weighted by Crippen LogP contribution is -2.76. The standard InChI is InChI=1S/C6H10N2O/c9-1-5-6(4-8-5)2-7-3-6/h1,5,7-8H,2-4H2. The minimum atomic E-state index is 0.138. The van der Waals surface area contributed by atoms with Gasteiger partial charge in [0, 0.05) is 25.0 Å². The van der Waals surface area contributed by atoms with Gasteiger partial charge in [-0.15, -0.1) is 0 Å². The molecular formula is C6H10N2O. The first-order chi connectivity index (χ1) is 4.37. The number of rotatable bonds is 1. The van der Waals surface area contributed by atoms with Gasteiger partial charge < -0.3 is 15.4 Å². The molecule has 0 aromatic rings. The molecule has 1 atom stereocenters. The number of carbonyl (C=O) groups is 1. The van der Waals surface area contributed by atoms with Gasteiger partial charge in [0.05, 0.1) is 6.04 Å². The van der Waals surface area contributed by atoms with Gasteiger partial charge in [0.2, 0.25) is 0 Å². The van der Waals surface area contributed by atoms with Crippen molar-refractivity contribution < 1.29 is 4.79 Å². The van der Waals surface area contributed by atoms with Gasteiger partial charge in [0.1, 0.15) is 6.29 Å². The predicted molar refractivity (Wildman–Crippen MR) is 33.2 cm³/mol. The van der Waals surface area contributed by atoms with Crippen LogP contribution in [0.5, 0.6) is 0 Å². The molecule has 2 aliphatic rings. The van der Waals surface area contributed by atoms with E-state index >= 15 is 0 Å². The molecule has 2 saturated heterocycles. The summed E-state index contributed by atoms with van der Waals surface area (Å²) in [6.07, 6.45) is 1.02. The lowest BCUT2D eigenvalue weighted by Gasteiger charge is -2.54. The lowest BCUT2D eigenvalue weighted by atomic mass is 9.69. The quantitative estimate of drug-likeness (QED) is 0.431. The van der Waals surface area contributed by atoms with Crippen molar-refractivity contribution in [3.05, 3.63) is 0 Å². The molecule has 0 saturated carbocycles. The van der Waals surface area contributed by atoms with Crippen LogP contribution in [0.1, 0.15) is 0 Å². The van der Waals surface area contributed by atoms with E-state index in [0.29, 0.717) is 5.41 Å². The van der Waals surface area contributed by atoms with Gasteiger partial charge in [-0.25, -0.2) is 0 Å². The highest BCUT2D eigenvalue weighted by molar-refractivity contribution is 5.62. The van der Waals surface area contributed by atoms with Gasteiger partial charge in [-0.3, -0.25) is 0 Å². The summed E-state index contributed by atoms with van der Waals surface area (Å²) in [7, 11) is 0. The van der Waals surface area contributed by atoms with Crippen molar-refractivity contribution >= 4 is 6.29 Å². The van der Waals surface area contributed by atoms with E-state index in [9.17, 15) is 4.79 Å². The fourth-order valence-electron chi connectivity index (χ4n) is 1.49. The predicted octanol–water partition coefficient (Wildman–Crippen LogP) is -1.25. The summed E-state index contributed by atoms with van der Waals surface area (Å²) in [5.74, 6) is 0. The molecule has 2 N–H and O–H groups in total. The van der Waals surface area contributed by atoms with Crippen molar-refractivity contribution in [1.82, 2.24) is 10.6 Å². The van der Waals surface area contributed by atoms with E-state index < -0.39 is 0 Å². The van der Waals surface area contributed by atoms with Gasteiger partial charge >= 0.3 is 0 Å². The highest BCUT2D eigenvalue weighted by atomic mass is 16.1. The number of nitrogens with one attached hydrogen (secondary N) is 2. The molecule has 0 bridgehead atoms. The molecular weight excluding hydrogens is 116 g/mol. The SMILES string of the molecule is O=CC1NCC12CNC2. The molecule has 0 aliphatic carbocycles. The van der Waals surface area contributed by atoms with Crippen molar-refractivity contribution in [2.75, 3.05) is 19.6 Å². The van der Waals surface area contributed by atoms with E-state index in [1.165, 1.54) is 0 Å². The van der Waals surface area contributed by atoms with Crippen LogP contribution in [-0.2, 0) is 4.79 Å². The second kappa shape index (κ2) is 1.55. The van der Waals surface area contributed by atoms with Gasteiger partial charge in [-0.05, 0) is 0 Å². The summed E-state index contributed by atoms with van der Waals surface area (Å²) in [6, 6.07) is 0.138. The summed E-state index contributed by atoms with van der Waals surface area (Å²) in [4.78, 5) is 10.3. The number of hydrogen-bond donors (Lipinski definition) is 2. The zero-order valence-corrected chi connectivity index (χ0v) is 5.18. The Labute approximate surface area is 53.8 Å². The topological polar surface area (TPSA) is 41.1 Å². The Morgan fingerprint density at radius 2 is 2.22 bits per heavy atom. The summed E-state index contributed by atoms with van der Waals surface area (Å²) in [5.41, 5.74) is 0.321. The van der Waals surface area contributed by atoms with E-state index in [0.717, 1.165) is 25.9 Å². The van der Waals surface area contributed by atoms with Gasteiger partial charge in [0.25, 0.3) is 0 Å². The number of carbonyl (C=O) groups excluding carboxylic acids is 1. The highest BCUT2D eigenvalue weighted by Gasteiger charge is 2.50. The molecule has 0 radical (unpaired) electrons. The number of aldehydes is 1. The molecule has 0 aromatic carbocycles. The third kappa shape index (κ3) is 0.509. The Morgan fingerprint density at radius 1 is 1.44 bits per heavy atom. The second-order valence-corrected chi connectivity index (χ2v) is 2.96. The highest BCUT2D eigenvalue weighted by Crippen LogP contribution is 2.31. The number of hydrogen-bond acceptors (Lipinski definition) is 3. The first-order valence-electron chi connectivity index (χ1n) is 3.27. The van der Waals surface area contributed by atoms with E-state index in [-0.39, 0.29) is 6.04 Å². The first kappa shape index (κ1) is 5.38. The van der Waals surface area contributed by atoms with Crippen LogP contribution in [0.15, 0.2) is 0 Å². The van der Waals surface area contributed by atoms with Crippen LogP contribution in [0.25, 0.3) is 0 Å². The van der Waals surface area contributed by atoms with E-state index in [4.69, 9.17) is 0 Å². The lowest BCUT2D eigenvalue weighted by molar-refractivity contribution is -0.118. The first-order valence-corrected chi connectivity index (χ1v) is 3.27. The Kier molecular flexibility index (Phi) is 0.926. The van der Waals surface area contributed by atoms with Crippen molar-refractivity contribution in [1.29, 1.82) is 0 Å². The zero-order valence-electron chi connectivity index (χ0n) is 5.18. The Hall–Kier alpha value is -0.410. The van der Waals surface area contributed by atoms with Crippen molar-refractivity contribution in [2.24, 2.45) is 5.41 Å². The van der Waals surface area contributed by atoms with Crippen LogP contribution in [-0.4, -0.2) is 32.0 Å². The molecule has 1 unspecified atom stereocenters. The van der Waals surface area contributed by atoms with E-state index in [2.05, 4.69) is 10.6 Å². The van der Waals surface area contributed by atoms with Crippen molar-refractivity contribution in [3.63, 3.8) is 0 Å². The average molecular weight is 126 g/mol. The Balaban J connectivity index is 2.04. The maximum absolute atomic E-state index is 10.3. The normalized spacial score (nSPS) is 37.1. The summed E-state index contributed by atoms with van der Waals surface area (Å²) in [5, 5.41) is 6.25.